The third-order valence-corrected chi connectivity index (χ3v) is 6.75. The Hall–Kier alpha value is -4.52. The Kier molecular flexibility index (Phi) is 4.67. The predicted molar refractivity (Wildman–Crippen MR) is 128 cm³/mol. The second-order valence-electron chi connectivity index (χ2n) is 8.79. The number of hydrogen-bond donors (Lipinski definition) is 1. The minimum atomic E-state index is -0.757. The Morgan fingerprint density at radius 1 is 0.886 bits per heavy atom. The molecule has 1 aromatic heterocycles. The molecule has 0 fully saturated rings. The maximum Gasteiger partial charge on any atom is 0.340 e. The average Bonchev–Trinajstić information content (AvgIpc) is 3.31. The van der Waals surface area contributed by atoms with Gasteiger partial charge in [-0.2, -0.15) is 0 Å². The summed E-state index contributed by atoms with van der Waals surface area (Å²) in [4.78, 5) is 51.0. The molecule has 0 saturated carbocycles. The number of fused-ring (bicyclic) bond motifs is 4. The van der Waals surface area contributed by atoms with Crippen LogP contribution in [0.5, 0.6) is 0 Å². The molecule has 7 nitrogen and oxygen atoms in total. The van der Waals surface area contributed by atoms with Gasteiger partial charge in [0.05, 0.1) is 16.8 Å². The van der Waals surface area contributed by atoms with Crippen molar-refractivity contribution < 1.29 is 23.5 Å². The second-order valence-corrected chi connectivity index (χ2v) is 8.79. The molecule has 0 amide bonds. The molecule has 6 rings (SSSR count). The highest BCUT2D eigenvalue weighted by Gasteiger charge is 2.33. The van der Waals surface area contributed by atoms with Crippen molar-refractivity contribution in [2.45, 2.75) is 25.9 Å². The van der Waals surface area contributed by atoms with E-state index in [-0.39, 0.29) is 40.3 Å². The number of ketones is 2. The van der Waals surface area contributed by atoms with Gasteiger partial charge in [0.2, 0.25) is 0 Å². The van der Waals surface area contributed by atoms with Gasteiger partial charge >= 0.3 is 11.6 Å². The molecule has 172 valence electrons. The molecule has 7 heteroatoms. The fraction of sp³-hybridized carbons (Fsp3) is 0.143. The highest BCUT2D eigenvalue weighted by molar-refractivity contribution is 6.30. The van der Waals surface area contributed by atoms with Crippen LogP contribution in [-0.2, 0) is 24.2 Å². The monoisotopic (exact) mass is 465 g/mol. The topological polar surface area (TPSA) is 117 Å². The van der Waals surface area contributed by atoms with Crippen molar-refractivity contribution in [1.82, 2.24) is 0 Å². The number of nitrogens with two attached hydrogens (primary N) is 1. The predicted octanol–water partition coefficient (Wildman–Crippen LogP) is 4.00. The lowest BCUT2D eigenvalue weighted by atomic mass is 9.82. The van der Waals surface area contributed by atoms with E-state index >= 15 is 0 Å². The van der Waals surface area contributed by atoms with Crippen molar-refractivity contribution in [1.29, 1.82) is 0 Å². The summed E-state index contributed by atoms with van der Waals surface area (Å²) in [5, 5.41) is 0.717. The molecule has 2 N–H and O–H groups in total. The summed E-state index contributed by atoms with van der Waals surface area (Å²) in [6.45, 7) is -0.175. The lowest BCUT2D eigenvalue weighted by Gasteiger charge is -2.20. The van der Waals surface area contributed by atoms with Gasteiger partial charge in [0.15, 0.2) is 11.6 Å². The van der Waals surface area contributed by atoms with Gasteiger partial charge < -0.3 is 14.9 Å². The lowest BCUT2D eigenvalue weighted by Crippen LogP contribution is -2.24. The average molecular weight is 465 g/mol. The Bertz CT molecular complexity index is 1660. The largest absolute Gasteiger partial charge is 0.457 e. The van der Waals surface area contributed by atoms with E-state index < -0.39 is 17.4 Å². The van der Waals surface area contributed by atoms with Crippen LogP contribution >= 0.6 is 0 Å². The van der Waals surface area contributed by atoms with Gasteiger partial charge in [-0.05, 0) is 54.7 Å². The standard InChI is InChI=1S/C28H19NO6/c29-25-20(9-8-19-24(25)27(32)18-7-2-1-6-17(18)26(19)31)28(33)34-13-16-12-23(30)35-22-11-15-5-3-4-14(15)10-21(16)22/h1-2,6-12H,3-5,13,29H2. The van der Waals surface area contributed by atoms with E-state index in [0.717, 1.165) is 24.8 Å². The van der Waals surface area contributed by atoms with Crippen LogP contribution in [0.3, 0.4) is 0 Å². The van der Waals surface area contributed by atoms with Crippen LogP contribution in [0.15, 0.2) is 63.8 Å². The summed E-state index contributed by atoms with van der Waals surface area (Å²) in [6, 6.07) is 14.5. The zero-order valence-electron chi connectivity index (χ0n) is 18.6. The Labute approximate surface area is 199 Å². The fourth-order valence-electron chi connectivity index (χ4n) is 5.03. The number of carbonyl (C=O) groups excluding carboxylic acids is 3. The van der Waals surface area contributed by atoms with Crippen molar-refractivity contribution in [2.24, 2.45) is 0 Å². The van der Waals surface area contributed by atoms with Crippen molar-refractivity contribution in [3.8, 4) is 0 Å². The highest BCUT2D eigenvalue weighted by atomic mass is 16.5. The smallest absolute Gasteiger partial charge is 0.340 e. The third kappa shape index (κ3) is 3.27. The van der Waals surface area contributed by atoms with Crippen molar-refractivity contribution in [3.63, 3.8) is 0 Å². The summed E-state index contributed by atoms with van der Waals surface area (Å²) >= 11 is 0. The minimum Gasteiger partial charge on any atom is -0.457 e. The van der Waals surface area contributed by atoms with Crippen LogP contribution in [0, 0.1) is 0 Å². The Morgan fingerprint density at radius 3 is 2.37 bits per heavy atom. The van der Waals surface area contributed by atoms with Crippen LogP contribution in [0.1, 0.15) is 65.3 Å². The summed E-state index contributed by atoms with van der Waals surface area (Å²) in [5.74, 6) is -1.49. The lowest BCUT2D eigenvalue weighted by molar-refractivity contribution is 0.0475. The maximum atomic E-state index is 13.1. The van der Waals surface area contributed by atoms with E-state index in [0.29, 0.717) is 22.1 Å². The van der Waals surface area contributed by atoms with Gasteiger partial charge in [0.1, 0.15) is 12.2 Å². The number of aryl methyl sites for hydroxylation is 2. The van der Waals surface area contributed by atoms with Gasteiger partial charge in [-0.15, -0.1) is 0 Å². The van der Waals surface area contributed by atoms with E-state index in [4.69, 9.17) is 14.9 Å². The van der Waals surface area contributed by atoms with Gasteiger partial charge in [0.25, 0.3) is 0 Å². The number of esters is 1. The first kappa shape index (κ1) is 21.0. The quantitative estimate of drug-likeness (QED) is 0.243. The van der Waals surface area contributed by atoms with Gasteiger partial charge in [-0.25, -0.2) is 9.59 Å². The van der Waals surface area contributed by atoms with E-state index in [2.05, 4.69) is 0 Å². The number of rotatable bonds is 3. The molecular weight excluding hydrogens is 446 g/mol. The van der Waals surface area contributed by atoms with Crippen molar-refractivity contribution in [2.75, 3.05) is 5.73 Å². The van der Waals surface area contributed by atoms with Crippen LogP contribution < -0.4 is 11.4 Å². The Balaban J connectivity index is 1.33. The molecule has 2 aliphatic carbocycles. The molecule has 0 atom stereocenters. The van der Waals surface area contributed by atoms with Crippen LogP contribution in [0.2, 0.25) is 0 Å². The van der Waals surface area contributed by atoms with Gasteiger partial charge in [-0.1, -0.05) is 24.3 Å². The van der Waals surface area contributed by atoms with Crippen LogP contribution in [0.25, 0.3) is 11.0 Å². The zero-order chi connectivity index (χ0) is 24.3. The molecule has 0 aliphatic heterocycles. The van der Waals surface area contributed by atoms with E-state index in [9.17, 15) is 19.2 Å². The molecule has 1 heterocycles. The van der Waals surface area contributed by atoms with E-state index in [1.54, 1.807) is 24.3 Å². The molecule has 35 heavy (non-hydrogen) atoms. The fourth-order valence-corrected chi connectivity index (χ4v) is 5.03. The number of benzene rings is 3. The maximum absolute atomic E-state index is 13.1. The summed E-state index contributed by atoms with van der Waals surface area (Å²) < 4.78 is 10.9. The van der Waals surface area contributed by atoms with Crippen molar-refractivity contribution in [3.05, 3.63) is 110 Å². The summed E-state index contributed by atoms with van der Waals surface area (Å²) in [5.41, 5.74) is 9.63. The number of nitrogen functional groups attached to an aromatic ring is 1. The number of ether oxygens (including phenoxy) is 1. The first-order valence-corrected chi connectivity index (χ1v) is 11.3. The molecule has 0 saturated heterocycles. The van der Waals surface area contributed by atoms with E-state index in [1.165, 1.54) is 23.8 Å². The minimum absolute atomic E-state index is 0.00418. The first-order valence-electron chi connectivity index (χ1n) is 11.3. The van der Waals surface area contributed by atoms with Gasteiger partial charge in [0, 0.05) is 33.7 Å². The van der Waals surface area contributed by atoms with Gasteiger partial charge in [-0.3, -0.25) is 9.59 Å². The number of hydrogen-bond acceptors (Lipinski definition) is 7. The third-order valence-electron chi connectivity index (χ3n) is 6.75. The molecule has 0 unspecified atom stereocenters. The Morgan fingerprint density at radius 2 is 1.60 bits per heavy atom. The molecule has 0 radical (unpaired) electrons. The number of anilines is 1. The van der Waals surface area contributed by atoms with Crippen LogP contribution in [-0.4, -0.2) is 17.5 Å². The highest BCUT2D eigenvalue weighted by Crippen LogP contribution is 2.33. The molecule has 2 aliphatic rings. The van der Waals surface area contributed by atoms with Crippen molar-refractivity contribution >= 4 is 34.2 Å². The SMILES string of the molecule is Nc1c(C(=O)OCc2cc(=O)oc3cc4c(cc23)CCC4)ccc2c1C(=O)c1ccccc1C2=O. The zero-order valence-corrected chi connectivity index (χ0v) is 18.6. The molecule has 4 aromatic rings. The molecule has 0 bridgehead atoms. The summed E-state index contributed by atoms with van der Waals surface area (Å²) in [6.07, 6.45) is 2.94. The molecular formula is C28H19NO6. The summed E-state index contributed by atoms with van der Waals surface area (Å²) in [7, 11) is 0. The second kappa shape index (κ2) is 7.77. The molecule has 3 aromatic carbocycles. The first-order chi connectivity index (χ1) is 16.9. The van der Waals surface area contributed by atoms with Crippen LogP contribution in [0.4, 0.5) is 5.69 Å². The van der Waals surface area contributed by atoms with E-state index in [1.807, 2.05) is 12.1 Å². The molecule has 0 spiro atoms. The number of carbonyl (C=O) groups is 3. The normalized spacial score (nSPS) is 13.9.